The molecule has 6 N–H and O–H groups in total. The lowest BCUT2D eigenvalue weighted by Gasteiger charge is -2.40. The summed E-state index contributed by atoms with van der Waals surface area (Å²) in [5.74, 6) is -0.135. The van der Waals surface area contributed by atoms with Gasteiger partial charge in [-0.3, -0.25) is 4.79 Å². The van der Waals surface area contributed by atoms with E-state index in [1.54, 1.807) is 0 Å². The summed E-state index contributed by atoms with van der Waals surface area (Å²) in [6, 6.07) is -0.713. The zero-order chi connectivity index (χ0) is 50.8. The third-order valence-electron chi connectivity index (χ3n) is 15.5. The smallest absolute Gasteiger partial charge is 0.220 e. The maximum absolute atomic E-state index is 13.1. The molecule has 0 radical (unpaired) electrons. The van der Waals surface area contributed by atoms with Crippen LogP contribution in [0.4, 0.5) is 0 Å². The highest BCUT2D eigenvalue weighted by molar-refractivity contribution is 5.76. The van der Waals surface area contributed by atoms with E-state index < -0.39 is 49.5 Å². The molecule has 1 aliphatic rings. The van der Waals surface area contributed by atoms with Crippen molar-refractivity contribution in [2.45, 2.75) is 371 Å². The predicted molar refractivity (Wildman–Crippen MR) is 295 cm³/mol. The van der Waals surface area contributed by atoms with Crippen molar-refractivity contribution in [2.75, 3.05) is 13.2 Å². The molecule has 0 aromatic heterocycles. The Kier molecular flexibility index (Phi) is 49.6. The van der Waals surface area contributed by atoms with Crippen LogP contribution in [0.1, 0.15) is 328 Å². The third kappa shape index (κ3) is 40.6. The van der Waals surface area contributed by atoms with Crippen LogP contribution in [0.15, 0.2) is 0 Å². The number of carbonyl (C=O) groups excluding carboxylic acids is 1. The number of hydrogen-bond acceptors (Lipinski definition) is 8. The SMILES string of the molecule is CCCCCCCCCCCCCCCCCCCCCCCCCCCCCCCCC(=O)N[C@@H](CO[C@@H]1O[C@H](CO)[C@H](O)C(O)C1O)[C@H](O)CCCCCCCCCCCCCCCCCCC. The van der Waals surface area contributed by atoms with Crippen LogP contribution in [0.2, 0.25) is 0 Å². The fourth-order valence-corrected chi connectivity index (χ4v) is 10.5. The molecule has 1 aliphatic heterocycles. The zero-order valence-corrected chi connectivity index (χ0v) is 46.6. The minimum absolute atomic E-state index is 0.131. The molecule has 1 rings (SSSR count). The lowest BCUT2D eigenvalue weighted by Crippen LogP contribution is -2.60. The first-order chi connectivity index (χ1) is 34.3. The van der Waals surface area contributed by atoms with Crippen LogP contribution in [-0.4, -0.2) is 87.5 Å². The van der Waals surface area contributed by atoms with Crippen molar-refractivity contribution in [3.05, 3.63) is 0 Å². The van der Waals surface area contributed by atoms with E-state index >= 15 is 0 Å². The molecule has 1 amide bonds. The average Bonchev–Trinajstić information content (AvgIpc) is 3.36. The largest absolute Gasteiger partial charge is 0.394 e. The van der Waals surface area contributed by atoms with Crippen molar-refractivity contribution in [3.63, 3.8) is 0 Å². The lowest BCUT2D eigenvalue weighted by molar-refractivity contribution is -0.302. The Hall–Kier alpha value is -0.810. The standard InChI is InChI=1S/C61H121NO8/c1-3-5-7-9-11-13-15-17-19-21-22-23-24-25-26-27-28-29-30-31-32-33-35-37-39-41-43-45-47-49-51-57(65)62-54(53-69-61-60(68)59(67)58(66)56(52-63)70-61)55(64)50-48-46-44-42-40-38-36-34-20-18-16-14-12-10-8-6-4-2/h54-56,58-61,63-64,66-68H,3-53H2,1-2H3,(H,62,65)/t54-,55+,56+,58-,59?,60?,61+/m0/s1. The number of aliphatic hydroxyl groups is 5. The Morgan fingerprint density at radius 2 is 0.714 bits per heavy atom. The van der Waals surface area contributed by atoms with Gasteiger partial charge in [-0.1, -0.05) is 309 Å². The van der Waals surface area contributed by atoms with Crippen LogP contribution < -0.4 is 5.32 Å². The number of amides is 1. The Balaban J connectivity index is 2.11. The van der Waals surface area contributed by atoms with Gasteiger partial charge >= 0.3 is 0 Å². The fourth-order valence-electron chi connectivity index (χ4n) is 10.5. The summed E-state index contributed by atoms with van der Waals surface area (Å²) in [7, 11) is 0. The van der Waals surface area contributed by atoms with Crippen molar-refractivity contribution in [3.8, 4) is 0 Å². The van der Waals surface area contributed by atoms with E-state index in [-0.39, 0.29) is 12.5 Å². The number of hydrogen-bond donors (Lipinski definition) is 6. The number of nitrogens with one attached hydrogen (secondary N) is 1. The Morgan fingerprint density at radius 3 is 1.01 bits per heavy atom. The van der Waals surface area contributed by atoms with Crippen LogP contribution in [0.5, 0.6) is 0 Å². The van der Waals surface area contributed by atoms with Gasteiger partial charge in [0, 0.05) is 6.42 Å². The molecule has 1 fully saturated rings. The van der Waals surface area contributed by atoms with E-state index in [0.717, 1.165) is 38.5 Å². The highest BCUT2D eigenvalue weighted by Gasteiger charge is 2.44. The number of rotatable bonds is 55. The summed E-state index contributed by atoms with van der Waals surface area (Å²) >= 11 is 0. The van der Waals surface area contributed by atoms with E-state index in [0.29, 0.717) is 12.8 Å². The molecule has 70 heavy (non-hydrogen) atoms. The van der Waals surface area contributed by atoms with E-state index in [1.807, 2.05) is 0 Å². The minimum atomic E-state index is -1.55. The number of ether oxygens (including phenoxy) is 2. The summed E-state index contributed by atoms with van der Waals surface area (Å²) in [6.07, 6.45) is 55.8. The summed E-state index contributed by atoms with van der Waals surface area (Å²) in [5.41, 5.74) is 0. The summed E-state index contributed by atoms with van der Waals surface area (Å²) in [6.45, 7) is 3.89. The molecule has 0 aromatic rings. The van der Waals surface area contributed by atoms with Gasteiger partial charge in [0.2, 0.25) is 5.91 Å². The van der Waals surface area contributed by atoms with E-state index in [2.05, 4.69) is 19.2 Å². The maximum Gasteiger partial charge on any atom is 0.220 e. The molecule has 0 saturated carbocycles. The molecular formula is C61H121NO8. The molecular weight excluding hydrogens is 875 g/mol. The van der Waals surface area contributed by atoms with Crippen LogP contribution >= 0.6 is 0 Å². The zero-order valence-electron chi connectivity index (χ0n) is 46.6. The summed E-state index contributed by atoms with van der Waals surface area (Å²) in [4.78, 5) is 13.1. The van der Waals surface area contributed by atoms with Gasteiger partial charge in [0.05, 0.1) is 25.4 Å². The van der Waals surface area contributed by atoms with Crippen LogP contribution in [0.3, 0.4) is 0 Å². The van der Waals surface area contributed by atoms with Crippen molar-refractivity contribution in [2.24, 2.45) is 0 Å². The van der Waals surface area contributed by atoms with Crippen LogP contribution in [0, 0.1) is 0 Å². The van der Waals surface area contributed by atoms with Gasteiger partial charge in [0.25, 0.3) is 0 Å². The lowest BCUT2D eigenvalue weighted by atomic mass is 9.99. The molecule has 9 heteroatoms. The fraction of sp³-hybridized carbons (Fsp3) is 0.984. The first-order valence-corrected chi connectivity index (χ1v) is 31.2. The minimum Gasteiger partial charge on any atom is -0.394 e. The molecule has 1 heterocycles. The van der Waals surface area contributed by atoms with Crippen molar-refractivity contribution in [1.82, 2.24) is 5.32 Å². The maximum atomic E-state index is 13.1. The third-order valence-corrected chi connectivity index (χ3v) is 15.5. The number of aliphatic hydroxyl groups excluding tert-OH is 5. The van der Waals surface area contributed by atoms with Gasteiger partial charge in [-0.15, -0.1) is 0 Å². The Bertz CT molecular complexity index is 1060. The molecule has 9 nitrogen and oxygen atoms in total. The van der Waals surface area contributed by atoms with Gasteiger partial charge < -0.3 is 40.3 Å². The highest BCUT2D eigenvalue weighted by Crippen LogP contribution is 2.24. The summed E-state index contributed by atoms with van der Waals surface area (Å²) < 4.78 is 11.3. The van der Waals surface area contributed by atoms with Crippen molar-refractivity contribution < 1.29 is 39.8 Å². The quantitative estimate of drug-likeness (QED) is 0.0330. The molecule has 418 valence electrons. The molecule has 1 saturated heterocycles. The Morgan fingerprint density at radius 1 is 0.429 bits per heavy atom. The first kappa shape index (κ1) is 67.2. The molecule has 7 atom stereocenters. The van der Waals surface area contributed by atoms with E-state index in [1.165, 1.54) is 263 Å². The predicted octanol–water partition coefficient (Wildman–Crippen LogP) is 15.8. The monoisotopic (exact) mass is 996 g/mol. The molecule has 0 bridgehead atoms. The summed E-state index contributed by atoms with van der Waals surface area (Å²) in [5, 5.41) is 54.7. The van der Waals surface area contributed by atoms with Gasteiger partial charge in [0.15, 0.2) is 6.29 Å². The molecule has 2 unspecified atom stereocenters. The topological polar surface area (TPSA) is 149 Å². The molecule has 0 aromatic carbocycles. The van der Waals surface area contributed by atoms with E-state index in [4.69, 9.17) is 9.47 Å². The van der Waals surface area contributed by atoms with E-state index in [9.17, 15) is 30.3 Å². The first-order valence-electron chi connectivity index (χ1n) is 31.2. The second-order valence-electron chi connectivity index (χ2n) is 22.2. The number of unbranched alkanes of at least 4 members (excludes halogenated alkanes) is 45. The second-order valence-corrected chi connectivity index (χ2v) is 22.2. The van der Waals surface area contributed by atoms with Crippen LogP contribution in [-0.2, 0) is 14.3 Å². The van der Waals surface area contributed by atoms with Gasteiger partial charge in [-0.05, 0) is 12.8 Å². The Labute approximate surface area is 434 Å². The number of carbonyl (C=O) groups is 1. The van der Waals surface area contributed by atoms with Crippen molar-refractivity contribution in [1.29, 1.82) is 0 Å². The average molecular weight is 997 g/mol. The van der Waals surface area contributed by atoms with Crippen LogP contribution in [0.25, 0.3) is 0 Å². The van der Waals surface area contributed by atoms with Gasteiger partial charge in [-0.2, -0.15) is 0 Å². The van der Waals surface area contributed by atoms with Gasteiger partial charge in [0.1, 0.15) is 24.4 Å². The highest BCUT2D eigenvalue weighted by atomic mass is 16.7. The van der Waals surface area contributed by atoms with Gasteiger partial charge in [-0.25, -0.2) is 0 Å². The van der Waals surface area contributed by atoms with Crippen molar-refractivity contribution >= 4 is 5.91 Å². The second kappa shape index (κ2) is 51.7. The molecule has 0 aliphatic carbocycles. The normalized spacial score (nSPS) is 19.2. The molecule has 0 spiro atoms.